The van der Waals surface area contributed by atoms with Crippen LogP contribution in [0.15, 0.2) is 23.1 Å². The van der Waals surface area contributed by atoms with Crippen LogP contribution >= 0.6 is 11.3 Å². The quantitative estimate of drug-likeness (QED) is 0.540. The average molecular weight is 521 g/mol. The maximum atomic E-state index is 13.4. The summed E-state index contributed by atoms with van der Waals surface area (Å²) in [4.78, 5) is 28.7. The van der Waals surface area contributed by atoms with Gasteiger partial charge in [-0.3, -0.25) is 9.52 Å². The molecule has 1 aromatic heterocycles. The predicted octanol–water partition coefficient (Wildman–Crippen LogP) is 4.49. The third-order valence-corrected chi connectivity index (χ3v) is 9.34. The monoisotopic (exact) mass is 520 g/mol. The number of sulfonamides is 1. The number of amides is 1. The number of thiophene rings is 1. The molecule has 8 nitrogen and oxygen atoms in total. The number of esters is 1. The molecule has 0 radical (unpaired) electrons. The van der Waals surface area contributed by atoms with Crippen LogP contribution in [0.4, 0.5) is 5.00 Å². The first kappa shape index (κ1) is 25.5. The summed E-state index contributed by atoms with van der Waals surface area (Å²) in [5, 5.41) is 0.268. The highest BCUT2D eigenvalue weighted by Crippen LogP contribution is 2.40. The van der Waals surface area contributed by atoms with Crippen molar-refractivity contribution in [2.45, 2.75) is 57.3 Å². The van der Waals surface area contributed by atoms with E-state index in [0.29, 0.717) is 30.3 Å². The van der Waals surface area contributed by atoms with Crippen LogP contribution in [0.5, 0.6) is 5.75 Å². The number of methoxy groups -OCH3 is 1. The molecule has 2 aromatic rings. The Morgan fingerprint density at radius 2 is 1.89 bits per heavy atom. The van der Waals surface area contributed by atoms with Gasteiger partial charge in [-0.1, -0.05) is 6.92 Å². The Labute approximate surface area is 210 Å². The molecule has 2 aliphatic rings. The van der Waals surface area contributed by atoms with Crippen molar-refractivity contribution in [2.75, 3.05) is 31.5 Å². The van der Waals surface area contributed by atoms with E-state index in [-0.39, 0.29) is 28.0 Å². The Balaban J connectivity index is 1.67. The second-order valence-corrected chi connectivity index (χ2v) is 11.9. The van der Waals surface area contributed by atoms with Crippen molar-refractivity contribution < 1.29 is 27.5 Å². The zero-order chi connectivity index (χ0) is 25.2. The summed E-state index contributed by atoms with van der Waals surface area (Å²) in [6.07, 6.45) is 5.30. The normalized spacial score (nSPS) is 16.5. The van der Waals surface area contributed by atoms with E-state index in [9.17, 15) is 18.0 Å². The van der Waals surface area contributed by atoms with Crippen LogP contribution in [-0.2, 0) is 27.6 Å². The number of rotatable bonds is 7. The van der Waals surface area contributed by atoms with Gasteiger partial charge in [-0.25, -0.2) is 13.2 Å². The second kappa shape index (κ2) is 10.6. The Morgan fingerprint density at radius 1 is 1.17 bits per heavy atom. The minimum atomic E-state index is -4.08. The number of hydrogen-bond donors (Lipinski definition) is 1. The average Bonchev–Trinajstić information content (AvgIpc) is 3.21. The number of carbonyl (C=O) groups excluding carboxylic acids is 2. The van der Waals surface area contributed by atoms with E-state index < -0.39 is 16.0 Å². The summed E-state index contributed by atoms with van der Waals surface area (Å²) in [5.41, 5.74) is 1.39. The van der Waals surface area contributed by atoms with Crippen molar-refractivity contribution >= 4 is 38.2 Å². The number of nitrogens with zero attached hydrogens (tertiary/aromatic N) is 1. The largest absolute Gasteiger partial charge is 0.496 e. The summed E-state index contributed by atoms with van der Waals surface area (Å²) >= 11 is 1.29. The Kier molecular flexibility index (Phi) is 7.70. The SMILES string of the molecule is CCOC(=O)c1c(NS(=O)(=O)c2ccc(OC)c(C(=O)N3CCC(C)CC3)c2)sc2c1CCCC2. The lowest BCUT2D eigenvalue weighted by atomic mass is 9.95. The zero-order valence-corrected chi connectivity index (χ0v) is 22.0. The number of nitrogens with one attached hydrogen (secondary N) is 1. The van der Waals surface area contributed by atoms with Gasteiger partial charge in [0.2, 0.25) is 0 Å². The first-order valence-corrected chi connectivity index (χ1v) is 14.4. The molecule has 1 N–H and O–H groups in total. The maximum Gasteiger partial charge on any atom is 0.341 e. The third kappa shape index (κ3) is 5.33. The maximum absolute atomic E-state index is 13.4. The van der Waals surface area contributed by atoms with E-state index >= 15 is 0 Å². The lowest BCUT2D eigenvalue weighted by molar-refractivity contribution is 0.0526. The number of anilines is 1. The number of hydrogen-bond acceptors (Lipinski definition) is 7. The molecule has 0 unspecified atom stereocenters. The topological polar surface area (TPSA) is 102 Å². The van der Waals surface area contributed by atoms with E-state index in [1.807, 2.05) is 0 Å². The van der Waals surface area contributed by atoms with Crippen molar-refractivity contribution in [2.24, 2.45) is 5.92 Å². The van der Waals surface area contributed by atoms with Gasteiger partial charge in [-0.15, -0.1) is 11.3 Å². The van der Waals surface area contributed by atoms with Gasteiger partial charge >= 0.3 is 5.97 Å². The molecular formula is C25H32N2O6S2. The van der Waals surface area contributed by atoms with Crippen LogP contribution in [0.3, 0.4) is 0 Å². The molecule has 1 amide bonds. The van der Waals surface area contributed by atoms with Gasteiger partial charge in [-0.2, -0.15) is 0 Å². The summed E-state index contributed by atoms with van der Waals surface area (Å²) < 4.78 is 40.1. The first-order chi connectivity index (χ1) is 16.7. The van der Waals surface area contributed by atoms with Crippen LogP contribution in [0.2, 0.25) is 0 Å². The predicted molar refractivity (Wildman–Crippen MR) is 135 cm³/mol. The smallest absolute Gasteiger partial charge is 0.341 e. The molecule has 0 saturated carbocycles. The molecule has 10 heteroatoms. The van der Waals surface area contributed by atoms with Gasteiger partial charge in [0.15, 0.2) is 0 Å². The lowest BCUT2D eigenvalue weighted by Crippen LogP contribution is -2.38. The molecule has 0 spiro atoms. The second-order valence-electron chi connectivity index (χ2n) is 9.08. The fourth-order valence-corrected chi connectivity index (χ4v) is 7.25. The lowest BCUT2D eigenvalue weighted by Gasteiger charge is -2.30. The van der Waals surface area contributed by atoms with Gasteiger partial charge in [-0.05, 0) is 75.1 Å². The molecule has 2 heterocycles. The van der Waals surface area contributed by atoms with Crippen LogP contribution in [0.1, 0.15) is 70.7 Å². The molecule has 190 valence electrons. The highest BCUT2D eigenvalue weighted by Gasteiger charge is 2.30. The van der Waals surface area contributed by atoms with Crippen molar-refractivity contribution in [1.29, 1.82) is 0 Å². The fourth-order valence-electron chi connectivity index (χ4n) is 4.64. The molecule has 0 bridgehead atoms. The van der Waals surface area contributed by atoms with E-state index in [0.717, 1.165) is 49.0 Å². The number of benzene rings is 1. The van der Waals surface area contributed by atoms with Crippen molar-refractivity contribution in [3.63, 3.8) is 0 Å². The van der Waals surface area contributed by atoms with E-state index in [1.165, 1.54) is 36.6 Å². The van der Waals surface area contributed by atoms with E-state index in [1.54, 1.807) is 11.8 Å². The number of fused-ring (bicyclic) bond motifs is 1. The molecule has 35 heavy (non-hydrogen) atoms. The summed E-state index contributed by atoms with van der Waals surface area (Å²) in [7, 11) is -2.62. The standard InChI is InChI=1S/C25H32N2O6S2/c1-4-33-25(29)22-18-7-5-6-8-21(18)34-23(22)26-35(30,31)17-9-10-20(32-3)19(15-17)24(28)27-13-11-16(2)12-14-27/h9-10,15-16,26H,4-8,11-14H2,1-3H3. The zero-order valence-electron chi connectivity index (χ0n) is 20.4. The van der Waals surface area contributed by atoms with Crippen molar-refractivity contribution in [3.05, 3.63) is 39.8 Å². The van der Waals surface area contributed by atoms with Crippen LogP contribution in [0.25, 0.3) is 0 Å². The molecular weight excluding hydrogens is 488 g/mol. The number of aryl methyl sites for hydroxylation is 1. The Hall–Kier alpha value is -2.59. The Bertz CT molecular complexity index is 1210. The van der Waals surface area contributed by atoms with Gasteiger partial charge in [0.1, 0.15) is 10.8 Å². The van der Waals surface area contributed by atoms with E-state index in [4.69, 9.17) is 9.47 Å². The van der Waals surface area contributed by atoms with Crippen LogP contribution in [-0.4, -0.2) is 52.0 Å². The molecule has 1 aliphatic carbocycles. The highest BCUT2D eigenvalue weighted by molar-refractivity contribution is 7.93. The fraction of sp³-hybridized carbons (Fsp3) is 0.520. The number of ether oxygens (including phenoxy) is 2. The molecule has 0 atom stereocenters. The number of carbonyl (C=O) groups is 2. The van der Waals surface area contributed by atoms with Crippen LogP contribution in [0, 0.1) is 5.92 Å². The first-order valence-electron chi connectivity index (χ1n) is 12.1. The molecule has 1 fully saturated rings. The molecule has 4 rings (SSSR count). The summed E-state index contributed by atoms with van der Waals surface area (Å²) in [6, 6.07) is 4.27. The van der Waals surface area contributed by atoms with Crippen molar-refractivity contribution in [1.82, 2.24) is 4.90 Å². The van der Waals surface area contributed by atoms with Gasteiger partial charge in [0.05, 0.1) is 29.7 Å². The molecule has 1 aromatic carbocycles. The Morgan fingerprint density at radius 3 is 2.57 bits per heavy atom. The summed E-state index contributed by atoms with van der Waals surface area (Å²) in [6.45, 7) is 5.34. The number of piperidine rings is 1. The third-order valence-electron chi connectivity index (χ3n) is 6.66. The molecule has 1 aliphatic heterocycles. The van der Waals surface area contributed by atoms with Crippen LogP contribution < -0.4 is 9.46 Å². The number of likely N-dealkylation sites (tertiary alicyclic amines) is 1. The summed E-state index contributed by atoms with van der Waals surface area (Å²) in [5.74, 6) is 0.118. The highest BCUT2D eigenvalue weighted by atomic mass is 32.2. The van der Waals surface area contributed by atoms with E-state index in [2.05, 4.69) is 11.6 Å². The van der Waals surface area contributed by atoms with Gasteiger partial charge in [0.25, 0.3) is 15.9 Å². The minimum absolute atomic E-state index is 0.0618. The van der Waals surface area contributed by atoms with Crippen molar-refractivity contribution in [3.8, 4) is 5.75 Å². The molecule has 1 saturated heterocycles. The van der Waals surface area contributed by atoms with Gasteiger partial charge < -0.3 is 14.4 Å². The van der Waals surface area contributed by atoms with Gasteiger partial charge in [0, 0.05) is 18.0 Å². The minimum Gasteiger partial charge on any atom is -0.496 e.